The lowest BCUT2D eigenvalue weighted by atomic mass is 9.72. The zero-order valence-corrected chi connectivity index (χ0v) is 32.5. The van der Waals surface area contributed by atoms with Crippen LogP contribution in [0.2, 0.25) is 5.02 Å². The molecule has 1 saturated carbocycles. The smallest absolute Gasteiger partial charge is 0.410 e. The van der Waals surface area contributed by atoms with Gasteiger partial charge in [0.15, 0.2) is 6.10 Å². The Morgan fingerprint density at radius 2 is 1.65 bits per heavy atom. The van der Waals surface area contributed by atoms with Gasteiger partial charge < -0.3 is 19.5 Å². The summed E-state index contributed by atoms with van der Waals surface area (Å²) in [4.78, 5) is 32.0. The molecule has 0 unspecified atom stereocenters. The van der Waals surface area contributed by atoms with E-state index in [1.54, 1.807) is 11.3 Å². The van der Waals surface area contributed by atoms with E-state index in [4.69, 9.17) is 31.2 Å². The van der Waals surface area contributed by atoms with Crippen molar-refractivity contribution in [2.45, 2.75) is 91.0 Å². The maximum absolute atomic E-state index is 12.8. The Kier molecular flexibility index (Phi) is 9.86. The molecule has 1 atom stereocenters. The lowest BCUT2D eigenvalue weighted by Crippen LogP contribution is -2.53. The molecule has 1 aliphatic carbocycles. The molecule has 3 heterocycles. The number of carbonyl (C=O) groups is 2. The quantitative estimate of drug-likeness (QED) is 0.169. The van der Waals surface area contributed by atoms with Crippen LogP contribution in [0.3, 0.4) is 0 Å². The zero-order chi connectivity index (χ0) is 37.1. The molecule has 9 nitrogen and oxygen atoms in total. The molecule has 1 aliphatic heterocycles. The van der Waals surface area contributed by atoms with Crippen molar-refractivity contribution in [2.75, 3.05) is 13.1 Å². The topological polar surface area (TPSA) is 107 Å². The fourth-order valence-corrected chi connectivity index (χ4v) is 9.24. The zero-order valence-electron chi connectivity index (χ0n) is 30.9. The minimum absolute atomic E-state index is 0.0979. The summed E-state index contributed by atoms with van der Waals surface area (Å²) >= 11 is 7.86. The van der Waals surface area contributed by atoms with E-state index < -0.39 is 17.7 Å². The maximum Gasteiger partial charge on any atom is 0.410 e. The molecule has 2 aliphatic rings. The van der Waals surface area contributed by atoms with Crippen LogP contribution in [0.1, 0.15) is 89.1 Å². The van der Waals surface area contributed by atoms with Crippen LogP contribution < -0.4 is 0 Å². The van der Waals surface area contributed by atoms with Crippen molar-refractivity contribution in [3.05, 3.63) is 70.4 Å². The van der Waals surface area contributed by atoms with E-state index in [9.17, 15) is 14.7 Å². The monoisotopic (exact) mass is 742 g/mol. The number of hydrogen-bond acceptors (Lipinski definition) is 7. The summed E-state index contributed by atoms with van der Waals surface area (Å²) in [6.07, 6.45) is 2.94. The van der Waals surface area contributed by atoms with Crippen molar-refractivity contribution in [3.8, 4) is 21.7 Å². The first-order valence-electron chi connectivity index (χ1n) is 18.2. The number of likely N-dealkylation sites (tertiary alicyclic amines) is 1. The van der Waals surface area contributed by atoms with Crippen LogP contribution in [0, 0.1) is 18.8 Å². The molecular formula is C41H47ClN4O5S. The largest absolute Gasteiger partial charge is 0.479 e. The molecule has 11 heteroatoms. The van der Waals surface area contributed by atoms with Crippen LogP contribution >= 0.6 is 22.9 Å². The van der Waals surface area contributed by atoms with Crippen molar-refractivity contribution in [2.24, 2.45) is 18.9 Å². The number of carboxylic acids is 1. The van der Waals surface area contributed by atoms with Crippen LogP contribution in [0.5, 0.6) is 0 Å². The van der Waals surface area contributed by atoms with Gasteiger partial charge in [0.25, 0.3) is 0 Å². The summed E-state index contributed by atoms with van der Waals surface area (Å²) in [5.41, 5.74) is 6.44. The van der Waals surface area contributed by atoms with E-state index in [2.05, 4.69) is 18.2 Å². The molecule has 2 fully saturated rings. The van der Waals surface area contributed by atoms with Crippen molar-refractivity contribution in [1.82, 2.24) is 19.7 Å². The number of hydrogen-bond donors (Lipinski definition) is 1. The highest BCUT2D eigenvalue weighted by molar-refractivity contribution is 7.22. The van der Waals surface area contributed by atoms with Crippen molar-refractivity contribution >= 4 is 56.1 Å². The molecule has 1 saturated heterocycles. The number of rotatable bonds is 8. The SMILES string of the molecule is Cc1cc2nc(-c3ccc4c(c3)c(C3CCC(C5CN(C(=O)OC(C)C)C5)CC3)nn4C)sc2c(-c2ccc(Cl)cc2)c1[C@H](OC(C)(C)C)C(=O)O. The molecule has 5 aromatic rings. The fraction of sp³-hybridized carbons (Fsp3) is 0.463. The summed E-state index contributed by atoms with van der Waals surface area (Å²) in [6.45, 7) is 12.9. The molecule has 0 bridgehead atoms. The standard InChI is InChI=1S/C41H47ClN4O5S/c1-22(2)50-40(49)46-20-28(21-46)24-8-10-26(11-9-24)35-30-19-27(14-17-32(30)45(7)44-35)38-43-31-18-23(3)33(36(39(47)48)51-41(4,5)6)34(37(31)52-38)25-12-15-29(42)16-13-25/h12-19,22,24,26,28,36H,8-11,20-21H2,1-7H3,(H,47,48)/t24?,26?,36-/m0/s1. The van der Waals surface area contributed by atoms with E-state index in [-0.39, 0.29) is 12.2 Å². The van der Waals surface area contributed by atoms with E-state index in [0.29, 0.717) is 28.3 Å². The molecule has 1 N–H and O–H groups in total. The summed E-state index contributed by atoms with van der Waals surface area (Å²) in [5.74, 6) is 0.483. The number of benzene rings is 3. The third kappa shape index (κ3) is 7.17. The second kappa shape index (κ2) is 14.1. The highest BCUT2D eigenvalue weighted by atomic mass is 35.5. The van der Waals surface area contributed by atoms with Gasteiger partial charge in [-0.25, -0.2) is 14.6 Å². The van der Waals surface area contributed by atoms with Gasteiger partial charge in [-0.1, -0.05) is 23.7 Å². The second-order valence-corrected chi connectivity index (χ2v) is 17.2. The van der Waals surface area contributed by atoms with Crippen molar-refractivity contribution in [3.63, 3.8) is 0 Å². The Bertz CT molecular complexity index is 2140. The van der Waals surface area contributed by atoms with Gasteiger partial charge in [-0.05, 0) is 127 Å². The van der Waals surface area contributed by atoms with E-state index in [0.717, 1.165) is 92.8 Å². The molecule has 0 spiro atoms. The number of thiazole rings is 1. The average Bonchev–Trinajstić information content (AvgIpc) is 3.63. The van der Waals surface area contributed by atoms with Gasteiger partial charge in [-0.2, -0.15) is 5.10 Å². The van der Waals surface area contributed by atoms with Gasteiger partial charge in [0.2, 0.25) is 0 Å². The lowest BCUT2D eigenvalue weighted by Gasteiger charge is -2.44. The maximum atomic E-state index is 12.8. The van der Waals surface area contributed by atoms with E-state index in [1.165, 1.54) is 0 Å². The molecular weight excluding hydrogens is 696 g/mol. The number of amides is 1. The first kappa shape index (κ1) is 36.4. The summed E-state index contributed by atoms with van der Waals surface area (Å²) in [7, 11) is 2.01. The van der Waals surface area contributed by atoms with E-state index >= 15 is 0 Å². The van der Waals surface area contributed by atoms with Gasteiger partial charge >= 0.3 is 12.1 Å². The Labute approximate surface area is 313 Å². The highest BCUT2D eigenvalue weighted by Crippen LogP contribution is 2.46. The minimum Gasteiger partial charge on any atom is -0.479 e. The third-order valence-electron chi connectivity index (χ3n) is 10.5. The van der Waals surface area contributed by atoms with E-state index in [1.807, 2.05) is 88.5 Å². The van der Waals surface area contributed by atoms with Gasteiger partial charge in [-0.15, -0.1) is 11.3 Å². The fourth-order valence-electron chi connectivity index (χ4n) is 7.99. The number of nitrogens with zero attached hydrogens (tertiary/aromatic N) is 4. The van der Waals surface area contributed by atoms with Gasteiger partial charge in [-0.3, -0.25) is 4.68 Å². The molecule has 3 aromatic carbocycles. The summed E-state index contributed by atoms with van der Waals surface area (Å²) < 4.78 is 14.5. The molecule has 7 rings (SSSR count). The summed E-state index contributed by atoms with van der Waals surface area (Å²) in [5, 5.41) is 18.1. The van der Waals surface area contributed by atoms with Crippen LogP contribution in [-0.4, -0.2) is 61.6 Å². The normalized spacial score (nSPS) is 19.0. The van der Waals surface area contributed by atoms with Gasteiger partial charge in [0.05, 0.1) is 33.1 Å². The average molecular weight is 743 g/mol. The lowest BCUT2D eigenvalue weighted by molar-refractivity contribution is -0.160. The first-order valence-corrected chi connectivity index (χ1v) is 19.4. The summed E-state index contributed by atoms with van der Waals surface area (Å²) in [6, 6.07) is 16.0. The van der Waals surface area contributed by atoms with Gasteiger partial charge in [0.1, 0.15) is 5.01 Å². The highest BCUT2D eigenvalue weighted by Gasteiger charge is 2.39. The van der Waals surface area contributed by atoms with Gasteiger partial charge in [0, 0.05) is 53.2 Å². The molecule has 0 radical (unpaired) electrons. The Hall–Kier alpha value is -3.99. The predicted octanol–water partition coefficient (Wildman–Crippen LogP) is 10.2. The Morgan fingerprint density at radius 3 is 2.29 bits per heavy atom. The van der Waals surface area contributed by atoms with Crippen molar-refractivity contribution in [1.29, 1.82) is 0 Å². The number of aromatic nitrogens is 3. The number of carboxylic acid groups (broad SMARTS) is 1. The van der Waals surface area contributed by atoms with Crippen LogP contribution in [-0.2, 0) is 21.3 Å². The van der Waals surface area contributed by atoms with Crippen molar-refractivity contribution < 1.29 is 24.2 Å². The Balaban J connectivity index is 1.21. The molecule has 1 amide bonds. The van der Waals surface area contributed by atoms with Crippen LogP contribution in [0.25, 0.3) is 42.8 Å². The number of aliphatic carboxylic acids is 1. The molecule has 274 valence electrons. The second-order valence-electron chi connectivity index (χ2n) is 15.8. The number of fused-ring (bicyclic) bond motifs is 2. The number of aryl methyl sites for hydroxylation is 2. The number of ether oxygens (including phenoxy) is 2. The number of halogens is 1. The Morgan fingerprint density at radius 1 is 0.981 bits per heavy atom. The van der Waals surface area contributed by atoms with Crippen LogP contribution in [0.15, 0.2) is 48.5 Å². The predicted molar refractivity (Wildman–Crippen MR) is 207 cm³/mol. The number of carbonyl (C=O) groups excluding carboxylic acids is 1. The molecule has 2 aromatic heterocycles. The minimum atomic E-state index is -1.17. The van der Waals surface area contributed by atoms with Crippen LogP contribution in [0.4, 0.5) is 4.79 Å². The third-order valence-corrected chi connectivity index (χ3v) is 11.9. The molecule has 52 heavy (non-hydrogen) atoms. The first-order chi connectivity index (χ1) is 24.7.